The molecule has 3 heteroatoms. The van der Waals surface area contributed by atoms with Gasteiger partial charge in [-0.25, -0.2) is 0 Å². The fraction of sp³-hybridized carbons (Fsp3) is 0.0588. The topological polar surface area (TPSA) is 13.1 Å². The number of rotatable bonds is 4. The van der Waals surface area contributed by atoms with E-state index in [9.17, 15) is 0 Å². The lowest BCUT2D eigenvalue weighted by atomic mass is 10.2. The van der Waals surface area contributed by atoms with Gasteiger partial charge in [-0.2, -0.15) is 0 Å². The van der Waals surface area contributed by atoms with E-state index in [4.69, 9.17) is 16.0 Å². The molecule has 0 bridgehead atoms. The molecule has 0 spiro atoms. The molecule has 0 saturated carbocycles. The first-order valence-corrected chi connectivity index (χ1v) is 7.69. The quantitative estimate of drug-likeness (QED) is 0.557. The summed E-state index contributed by atoms with van der Waals surface area (Å²) in [5.74, 6) is 1.79. The van der Waals surface area contributed by atoms with Gasteiger partial charge in [0.1, 0.15) is 5.76 Å². The van der Waals surface area contributed by atoms with Crippen molar-refractivity contribution in [3.05, 3.63) is 77.5 Å². The minimum absolute atomic E-state index is 0.780. The standard InChI is InChI=1S/C17H13ClOS/c18-14-6-3-5-13(11-14)12-20-17-9-2-1-7-15(17)16-8-4-10-19-16/h1-11H,12H2. The van der Waals surface area contributed by atoms with E-state index in [1.54, 1.807) is 18.0 Å². The second kappa shape index (κ2) is 6.21. The molecular weight excluding hydrogens is 288 g/mol. The van der Waals surface area contributed by atoms with E-state index < -0.39 is 0 Å². The highest BCUT2D eigenvalue weighted by molar-refractivity contribution is 7.98. The Labute approximate surface area is 127 Å². The number of benzene rings is 2. The third-order valence-corrected chi connectivity index (χ3v) is 4.34. The SMILES string of the molecule is Clc1cccc(CSc2ccccc2-c2ccco2)c1. The zero-order chi connectivity index (χ0) is 13.8. The lowest BCUT2D eigenvalue weighted by Gasteiger charge is -2.07. The highest BCUT2D eigenvalue weighted by atomic mass is 35.5. The molecule has 0 aliphatic rings. The molecule has 0 radical (unpaired) electrons. The molecule has 3 rings (SSSR count). The Kier molecular flexibility index (Phi) is 4.14. The van der Waals surface area contributed by atoms with E-state index in [0.717, 1.165) is 22.1 Å². The van der Waals surface area contributed by atoms with Crippen molar-refractivity contribution in [1.29, 1.82) is 0 Å². The van der Waals surface area contributed by atoms with Crippen molar-refractivity contribution >= 4 is 23.4 Å². The van der Waals surface area contributed by atoms with Gasteiger partial charge >= 0.3 is 0 Å². The molecule has 100 valence electrons. The third kappa shape index (κ3) is 3.09. The van der Waals surface area contributed by atoms with Crippen molar-refractivity contribution in [1.82, 2.24) is 0 Å². The smallest absolute Gasteiger partial charge is 0.134 e. The zero-order valence-corrected chi connectivity index (χ0v) is 12.3. The molecule has 0 N–H and O–H groups in total. The van der Waals surface area contributed by atoms with E-state index >= 15 is 0 Å². The zero-order valence-electron chi connectivity index (χ0n) is 10.8. The Morgan fingerprint density at radius 2 is 1.85 bits per heavy atom. The molecular formula is C17H13ClOS. The lowest BCUT2D eigenvalue weighted by Crippen LogP contribution is -1.83. The number of thioether (sulfide) groups is 1. The number of hydrogen-bond donors (Lipinski definition) is 0. The van der Waals surface area contributed by atoms with Crippen LogP contribution in [0.4, 0.5) is 0 Å². The van der Waals surface area contributed by atoms with Crippen molar-refractivity contribution < 1.29 is 4.42 Å². The molecule has 0 aliphatic carbocycles. The number of hydrogen-bond acceptors (Lipinski definition) is 2. The summed E-state index contributed by atoms with van der Waals surface area (Å²) in [6.07, 6.45) is 1.70. The normalized spacial score (nSPS) is 10.7. The van der Waals surface area contributed by atoms with Gasteiger partial charge in [0.05, 0.1) is 6.26 Å². The first-order chi connectivity index (χ1) is 9.83. The Balaban J connectivity index is 1.81. The van der Waals surface area contributed by atoms with Gasteiger partial charge in [-0.15, -0.1) is 11.8 Å². The maximum absolute atomic E-state index is 6.01. The maximum Gasteiger partial charge on any atom is 0.134 e. The molecule has 0 amide bonds. The summed E-state index contributed by atoms with van der Waals surface area (Å²) in [7, 11) is 0. The summed E-state index contributed by atoms with van der Waals surface area (Å²) in [6.45, 7) is 0. The average molecular weight is 301 g/mol. The van der Waals surface area contributed by atoms with E-state index in [0.29, 0.717) is 0 Å². The van der Waals surface area contributed by atoms with Crippen LogP contribution < -0.4 is 0 Å². The van der Waals surface area contributed by atoms with Crippen LogP contribution >= 0.6 is 23.4 Å². The van der Waals surface area contributed by atoms with Crippen molar-refractivity contribution in [2.45, 2.75) is 10.6 Å². The van der Waals surface area contributed by atoms with Crippen molar-refractivity contribution in [3.63, 3.8) is 0 Å². The first-order valence-electron chi connectivity index (χ1n) is 6.33. The summed E-state index contributed by atoms with van der Waals surface area (Å²) < 4.78 is 5.50. The Hall–Kier alpha value is -1.64. The molecule has 2 aromatic carbocycles. The number of furan rings is 1. The third-order valence-electron chi connectivity index (χ3n) is 2.96. The molecule has 0 unspecified atom stereocenters. The minimum Gasteiger partial charge on any atom is -0.464 e. The van der Waals surface area contributed by atoms with Gasteiger partial charge in [-0.1, -0.05) is 41.9 Å². The van der Waals surface area contributed by atoms with E-state index in [-0.39, 0.29) is 0 Å². The second-order valence-electron chi connectivity index (χ2n) is 4.39. The van der Waals surface area contributed by atoms with Crippen LogP contribution in [0.5, 0.6) is 0 Å². The molecule has 1 nitrogen and oxygen atoms in total. The maximum atomic E-state index is 6.01. The molecule has 1 heterocycles. The van der Waals surface area contributed by atoms with Crippen LogP contribution in [0.3, 0.4) is 0 Å². The highest BCUT2D eigenvalue weighted by Gasteiger charge is 2.07. The summed E-state index contributed by atoms with van der Waals surface area (Å²) >= 11 is 7.80. The van der Waals surface area contributed by atoms with Crippen molar-refractivity contribution in [2.24, 2.45) is 0 Å². The summed E-state index contributed by atoms with van der Waals surface area (Å²) in [4.78, 5) is 1.21. The second-order valence-corrected chi connectivity index (χ2v) is 5.85. The van der Waals surface area contributed by atoms with Crippen LogP contribution in [0.25, 0.3) is 11.3 Å². The van der Waals surface area contributed by atoms with Crippen LogP contribution in [-0.2, 0) is 5.75 Å². The first kappa shape index (κ1) is 13.3. The largest absolute Gasteiger partial charge is 0.464 e. The van der Waals surface area contributed by atoms with Gasteiger partial charge in [0.25, 0.3) is 0 Å². The fourth-order valence-corrected chi connectivity index (χ4v) is 3.23. The molecule has 0 fully saturated rings. The summed E-state index contributed by atoms with van der Waals surface area (Å²) in [5.41, 5.74) is 2.35. The van der Waals surface area contributed by atoms with Gasteiger partial charge in [-0.3, -0.25) is 0 Å². The van der Waals surface area contributed by atoms with Gasteiger partial charge in [0, 0.05) is 21.2 Å². The highest BCUT2D eigenvalue weighted by Crippen LogP contribution is 2.33. The Morgan fingerprint density at radius 1 is 0.950 bits per heavy atom. The monoisotopic (exact) mass is 300 g/mol. The Bertz CT molecular complexity index is 692. The molecule has 0 atom stereocenters. The lowest BCUT2D eigenvalue weighted by molar-refractivity contribution is 0.581. The molecule has 3 aromatic rings. The van der Waals surface area contributed by atoms with E-state index in [1.807, 2.05) is 42.5 Å². The van der Waals surface area contributed by atoms with Gasteiger partial charge < -0.3 is 4.42 Å². The predicted octanol–water partition coefficient (Wildman–Crippen LogP) is 5.89. The molecule has 0 aliphatic heterocycles. The van der Waals surface area contributed by atoms with Gasteiger partial charge in [-0.05, 0) is 35.9 Å². The molecule has 0 saturated heterocycles. The van der Waals surface area contributed by atoms with Crippen LogP contribution in [0.15, 0.2) is 76.2 Å². The van der Waals surface area contributed by atoms with Crippen molar-refractivity contribution in [2.75, 3.05) is 0 Å². The summed E-state index contributed by atoms with van der Waals surface area (Å²) in [5, 5.41) is 0.780. The molecule has 1 aromatic heterocycles. The van der Waals surface area contributed by atoms with E-state index in [1.165, 1.54) is 10.5 Å². The Morgan fingerprint density at radius 3 is 2.65 bits per heavy atom. The van der Waals surface area contributed by atoms with Crippen LogP contribution in [0.2, 0.25) is 5.02 Å². The summed E-state index contributed by atoms with van der Waals surface area (Å²) in [6, 6.07) is 20.1. The van der Waals surface area contributed by atoms with Crippen molar-refractivity contribution in [3.8, 4) is 11.3 Å². The van der Waals surface area contributed by atoms with Gasteiger partial charge in [0.15, 0.2) is 0 Å². The van der Waals surface area contributed by atoms with Crippen LogP contribution in [0, 0.1) is 0 Å². The minimum atomic E-state index is 0.780. The van der Waals surface area contributed by atoms with Gasteiger partial charge in [0.2, 0.25) is 0 Å². The fourth-order valence-electron chi connectivity index (χ4n) is 2.02. The van der Waals surface area contributed by atoms with Crippen LogP contribution in [-0.4, -0.2) is 0 Å². The van der Waals surface area contributed by atoms with E-state index in [2.05, 4.69) is 18.2 Å². The predicted molar refractivity (Wildman–Crippen MR) is 85.2 cm³/mol. The average Bonchev–Trinajstić information content (AvgIpc) is 3.00. The molecule has 20 heavy (non-hydrogen) atoms. The number of halogens is 1. The van der Waals surface area contributed by atoms with Crippen LogP contribution in [0.1, 0.15) is 5.56 Å².